The number of hydrogen-bond acceptors (Lipinski definition) is 2. The van der Waals surface area contributed by atoms with Crippen LogP contribution in [0.5, 0.6) is 0 Å². The van der Waals surface area contributed by atoms with Gasteiger partial charge in [-0.2, -0.15) is 0 Å². The van der Waals surface area contributed by atoms with Gasteiger partial charge < -0.3 is 0 Å². The van der Waals surface area contributed by atoms with E-state index in [1.807, 2.05) is 0 Å². The molecule has 0 heterocycles. The van der Waals surface area contributed by atoms with Gasteiger partial charge in [0.15, 0.2) is 0 Å². The Labute approximate surface area is 50.0 Å². The average Bonchev–Trinajstić information content (AvgIpc) is 0.918. The Morgan fingerprint density at radius 1 is 1.75 bits per heavy atom. The molecule has 0 saturated carbocycles. The molecule has 23 valence electrons. The Kier molecular flexibility index (Phi) is 20.0. The Balaban J connectivity index is 0. The monoisotopic (exact) mass is 137 g/mol. The number of rotatable bonds is 0. The maximum Gasteiger partial charge on any atom is 0.0710 e. The fourth-order valence-electron chi connectivity index (χ4n) is 0. The molecule has 2 nitrogen and oxygen atoms in total. The molecule has 0 saturated heterocycles. The summed E-state index contributed by atoms with van der Waals surface area (Å²) in [5.41, 5.74) is 0. The summed E-state index contributed by atoms with van der Waals surface area (Å²) in [6.45, 7) is 0. The van der Waals surface area contributed by atoms with Crippen LogP contribution in [0.3, 0.4) is 0 Å². The van der Waals surface area contributed by atoms with E-state index < -0.39 is 0 Å². The summed E-state index contributed by atoms with van der Waals surface area (Å²) in [5, 5.41) is 7.07. The van der Waals surface area contributed by atoms with Gasteiger partial charge in [-0.15, -0.1) is 0 Å². The predicted molar refractivity (Wildman–Crippen MR) is 9.64 cm³/mol. The van der Waals surface area contributed by atoms with Crippen molar-refractivity contribution in [2.75, 3.05) is 7.11 Å². The molecule has 0 fully saturated rings. The Morgan fingerprint density at radius 3 is 1.75 bits per heavy atom. The minimum absolute atomic E-state index is 0. The van der Waals surface area contributed by atoms with Gasteiger partial charge >= 0.3 is 0 Å². The molecular weight excluding hydrogens is 133 g/mol. The summed E-state index contributed by atoms with van der Waals surface area (Å²) in [7, 11) is 1.18. The third kappa shape index (κ3) is 11.8. The molecule has 0 rings (SSSR count). The minimum Gasteiger partial charge on any atom is -0.252 e. The maximum absolute atomic E-state index is 7.07. The van der Waals surface area contributed by atoms with Crippen LogP contribution in [0.4, 0.5) is 0 Å². The standard InChI is InChI=1S/CH4O2.Y/c1-3-2;/h2H,1H3;. The molecule has 1 N–H and O–H groups in total. The summed E-state index contributed by atoms with van der Waals surface area (Å²) in [4.78, 5) is 3.25. The van der Waals surface area contributed by atoms with Crippen LogP contribution < -0.4 is 0 Å². The van der Waals surface area contributed by atoms with Gasteiger partial charge in [0.25, 0.3) is 0 Å². The molecule has 1 radical (unpaired) electrons. The van der Waals surface area contributed by atoms with Gasteiger partial charge in [0.1, 0.15) is 0 Å². The normalized spacial score (nSPS) is 4.50. The zero-order valence-corrected chi connectivity index (χ0v) is 5.27. The van der Waals surface area contributed by atoms with E-state index in [4.69, 9.17) is 5.26 Å². The fraction of sp³-hybridized carbons (Fsp3) is 1.00. The first-order valence-electron chi connectivity index (χ1n) is 0.591. The van der Waals surface area contributed by atoms with E-state index in [0.717, 1.165) is 0 Å². The molecule has 4 heavy (non-hydrogen) atoms. The molecule has 0 amide bonds. The van der Waals surface area contributed by atoms with Gasteiger partial charge in [-0.1, -0.05) is 0 Å². The van der Waals surface area contributed by atoms with Crippen molar-refractivity contribution in [1.29, 1.82) is 0 Å². The van der Waals surface area contributed by atoms with Crippen molar-refractivity contribution in [3.8, 4) is 0 Å². The summed E-state index contributed by atoms with van der Waals surface area (Å²) in [6, 6.07) is 0. The molecule has 0 bridgehead atoms. The molecule has 0 spiro atoms. The van der Waals surface area contributed by atoms with Crippen molar-refractivity contribution in [2.24, 2.45) is 0 Å². The predicted octanol–water partition coefficient (Wildman–Crippen LogP) is 0.103. The van der Waals surface area contributed by atoms with E-state index in [1.165, 1.54) is 7.11 Å². The number of hydrogen-bond donors (Lipinski definition) is 1. The molecule has 0 aliphatic heterocycles. The molecule has 0 aromatic heterocycles. The van der Waals surface area contributed by atoms with E-state index in [0.29, 0.717) is 0 Å². The van der Waals surface area contributed by atoms with Crippen LogP contribution in [-0.2, 0) is 37.6 Å². The third-order valence-electron chi connectivity index (χ3n) is 0. The van der Waals surface area contributed by atoms with E-state index >= 15 is 0 Å². The van der Waals surface area contributed by atoms with Crippen LogP contribution in [0.2, 0.25) is 0 Å². The molecule has 0 aromatic rings. The quantitative estimate of drug-likeness (QED) is 0.379. The SMILES string of the molecule is COO.[Y]. The zero-order valence-electron chi connectivity index (χ0n) is 2.43. The van der Waals surface area contributed by atoms with E-state index in [2.05, 4.69) is 4.89 Å². The van der Waals surface area contributed by atoms with Crippen molar-refractivity contribution in [2.45, 2.75) is 0 Å². The molecule has 0 aliphatic rings. The van der Waals surface area contributed by atoms with Gasteiger partial charge in [0.2, 0.25) is 0 Å². The second kappa shape index (κ2) is 8.98. The summed E-state index contributed by atoms with van der Waals surface area (Å²) < 4.78 is 0. The topological polar surface area (TPSA) is 29.5 Å². The van der Waals surface area contributed by atoms with E-state index in [9.17, 15) is 0 Å². The smallest absolute Gasteiger partial charge is 0.0710 e. The van der Waals surface area contributed by atoms with Gasteiger partial charge in [0, 0.05) is 32.7 Å². The van der Waals surface area contributed by atoms with Crippen molar-refractivity contribution in [1.82, 2.24) is 0 Å². The third-order valence-corrected chi connectivity index (χ3v) is 0. The molecule has 0 aromatic carbocycles. The minimum atomic E-state index is 0. The fourth-order valence-corrected chi connectivity index (χ4v) is 0. The summed E-state index contributed by atoms with van der Waals surface area (Å²) in [6.07, 6.45) is 0. The molecule has 0 aliphatic carbocycles. The zero-order chi connectivity index (χ0) is 2.71. The molecule has 0 atom stereocenters. The van der Waals surface area contributed by atoms with Crippen LogP contribution in [-0.4, -0.2) is 12.4 Å². The maximum atomic E-state index is 7.07. The van der Waals surface area contributed by atoms with Crippen LogP contribution in [0, 0.1) is 0 Å². The van der Waals surface area contributed by atoms with Gasteiger partial charge in [-0.3, -0.25) is 5.26 Å². The first-order valence-corrected chi connectivity index (χ1v) is 0.591. The van der Waals surface area contributed by atoms with Crippen LogP contribution in [0.15, 0.2) is 0 Å². The molecule has 3 heteroatoms. The molecular formula is CH4O2Y. The second-order valence-electron chi connectivity index (χ2n) is 0.183. The summed E-state index contributed by atoms with van der Waals surface area (Å²) in [5.74, 6) is 0. The Bertz CT molecular complexity index is 6.00. The summed E-state index contributed by atoms with van der Waals surface area (Å²) >= 11 is 0. The Morgan fingerprint density at radius 2 is 1.75 bits per heavy atom. The van der Waals surface area contributed by atoms with Crippen molar-refractivity contribution < 1.29 is 42.9 Å². The van der Waals surface area contributed by atoms with Gasteiger partial charge in [-0.25, -0.2) is 4.89 Å². The first kappa shape index (κ1) is 8.90. The van der Waals surface area contributed by atoms with Crippen molar-refractivity contribution >= 4 is 0 Å². The van der Waals surface area contributed by atoms with Gasteiger partial charge in [-0.05, 0) is 0 Å². The van der Waals surface area contributed by atoms with Crippen LogP contribution in [0.1, 0.15) is 0 Å². The Hall–Kier alpha value is 1.02. The first-order chi connectivity index (χ1) is 1.41. The van der Waals surface area contributed by atoms with Gasteiger partial charge in [0.05, 0.1) is 7.11 Å². The van der Waals surface area contributed by atoms with E-state index in [1.54, 1.807) is 0 Å². The average molecular weight is 137 g/mol. The second-order valence-corrected chi connectivity index (χ2v) is 0.183. The van der Waals surface area contributed by atoms with Crippen LogP contribution in [0.25, 0.3) is 0 Å². The van der Waals surface area contributed by atoms with Crippen molar-refractivity contribution in [3.63, 3.8) is 0 Å². The van der Waals surface area contributed by atoms with E-state index in [-0.39, 0.29) is 32.7 Å². The largest absolute Gasteiger partial charge is 0.252 e. The van der Waals surface area contributed by atoms with Crippen molar-refractivity contribution in [3.05, 3.63) is 0 Å². The van der Waals surface area contributed by atoms with Crippen LogP contribution >= 0.6 is 0 Å². The molecule has 0 unspecified atom stereocenters.